The molecule has 3 nitrogen and oxygen atoms in total. The topological polar surface area (TPSA) is 52.3 Å². The summed E-state index contributed by atoms with van der Waals surface area (Å²) in [7, 11) is 0. The predicted molar refractivity (Wildman–Crippen MR) is 69.9 cm³/mol. The molecule has 102 valence electrons. The lowest BCUT2D eigenvalue weighted by atomic mass is 10.0. The van der Waals surface area contributed by atoms with Gasteiger partial charge in [0.2, 0.25) is 0 Å². The first-order valence-corrected chi connectivity index (χ1v) is 5.75. The van der Waals surface area contributed by atoms with Gasteiger partial charge in [-0.05, 0) is 18.6 Å². The monoisotopic (exact) mass is 343 g/mol. The molecule has 0 spiro atoms. The number of ether oxygens (including phenoxy) is 1. The van der Waals surface area contributed by atoms with E-state index in [4.69, 9.17) is 5.73 Å². The van der Waals surface area contributed by atoms with Crippen LogP contribution in [0.3, 0.4) is 0 Å². The first-order chi connectivity index (χ1) is 7.91. The molecule has 0 radical (unpaired) electrons. The standard InChI is InChI=1S/C11H12BrF2NO2.ClH/c1-2-17-10(16)11(13,14)9(15)7-5-3-4-6-8(7)12;/h3-6,9H,2,15H2,1H3;1H/t9-;/m0./s1. The molecule has 0 aliphatic heterocycles. The van der Waals surface area contributed by atoms with Crippen LogP contribution < -0.4 is 5.73 Å². The van der Waals surface area contributed by atoms with Crippen LogP contribution in [-0.2, 0) is 9.53 Å². The summed E-state index contributed by atoms with van der Waals surface area (Å²) in [6, 6.07) is 4.51. The van der Waals surface area contributed by atoms with E-state index in [1.165, 1.54) is 13.0 Å². The first-order valence-electron chi connectivity index (χ1n) is 4.96. The second kappa shape index (κ2) is 7.01. The van der Waals surface area contributed by atoms with E-state index >= 15 is 0 Å². The Morgan fingerprint density at radius 3 is 2.56 bits per heavy atom. The number of halogens is 4. The van der Waals surface area contributed by atoms with Gasteiger partial charge in [-0.3, -0.25) is 0 Å². The number of hydrogen-bond donors (Lipinski definition) is 1. The maximum Gasteiger partial charge on any atom is 0.379 e. The Morgan fingerprint density at radius 1 is 1.50 bits per heavy atom. The van der Waals surface area contributed by atoms with Crippen molar-refractivity contribution in [2.24, 2.45) is 5.73 Å². The number of rotatable bonds is 4. The molecule has 0 saturated heterocycles. The van der Waals surface area contributed by atoms with E-state index in [-0.39, 0.29) is 24.6 Å². The average molecular weight is 345 g/mol. The molecule has 18 heavy (non-hydrogen) atoms. The zero-order valence-corrected chi connectivity index (χ0v) is 11.9. The van der Waals surface area contributed by atoms with Crippen LogP contribution in [0.25, 0.3) is 0 Å². The van der Waals surface area contributed by atoms with Gasteiger partial charge in [0.1, 0.15) is 6.04 Å². The van der Waals surface area contributed by atoms with Crippen LogP contribution in [-0.4, -0.2) is 18.5 Å². The number of alkyl halides is 2. The largest absolute Gasteiger partial charge is 0.462 e. The summed E-state index contributed by atoms with van der Waals surface area (Å²) >= 11 is 3.11. The highest BCUT2D eigenvalue weighted by Crippen LogP contribution is 2.34. The Labute approximate surface area is 118 Å². The van der Waals surface area contributed by atoms with Crippen LogP contribution in [0.1, 0.15) is 18.5 Å². The summed E-state index contributed by atoms with van der Waals surface area (Å²) in [4.78, 5) is 11.1. The quantitative estimate of drug-likeness (QED) is 0.854. The molecule has 0 aliphatic carbocycles. The maximum atomic E-state index is 13.6. The second-order valence-electron chi connectivity index (χ2n) is 3.34. The van der Waals surface area contributed by atoms with Crippen molar-refractivity contribution in [3.05, 3.63) is 34.3 Å². The van der Waals surface area contributed by atoms with Crippen molar-refractivity contribution in [3.63, 3.8) is 0 Å². The Hall–Kier alpha value is -0.720. The Balaban J connectivity index is 0.00000289. The smallest absolute Gasteiger partial charge is 0.379 e. The fourth-order valence-corrected chi connectivity index (χ4v) is 1.81. The SMILES string of the molecule is CCOC(=O)C(F)(F)[C@@H](N)c1ccccc1Br.Cl. The molecule has 1 aromatic rings. The van der Waals surface area contributed by atoms with Gasteiger partial charge in [-0.1, -0.05) is 34.1 Å². The molecule has 1 atom stereocenters. The molecular weight excluding hydrogens is 331 g/mol. The summed E-state index contributed by atoms with van der Waals surface area (Å²) in [5, 5.41) is 0. The van der Waals surface area contributed by atoms with Crippen molar-refractivity contribution in [2.45, 2.75) is 18.9 Å². The minimum atomic E-state index is -3.75. The Morgan fingerprint density at radius 2 is 2.06 bits per heavy atom. The average Bonchev–Trinajstić information content (AvgIpc) is 2.29. The van der Waals surface area contributed by atoms with Gasteiger partial charge in [0, 0.05) is 4.47 Å². The predicted octanol–water partition coefficient (Wildman–Crippen LogP) is 3.07. The van der Waals surface area contributed by atoms with Crippen LogP contribution in [0, 0.1) is 0 Å². The molecule has 2 N–H and O–H groups in total. The molecule has 0 aliphatic rings. The van der Waals surface area contributed by atoms with E-state index in [9.17, 15) is 13.6 Å². The maximum absolute atomic E-state index is 13.6. The highest BCUT2D eigenvalue weighted by molar-refractivity contribution is 9.10. The minimum absolute atomic E-state index is 0. The van der Waals surface area contributed by atoms with Gasteiger partial charge in [-0.2, -0.15) is 8.78 Å². The van der Waals surface area contributed by atoms with E-state index in [0.29, 0.717) is 4.47 Å². The summed E-state index contributed by atoms with van der Waals surface area (Å²) in [6.07, 6.45) is 0. The van der Waals surface area contributed by atoms with Crippen LogP contribution in [0.2, 0.25) is 0 Å². The Bertz CT molecular complexity index is 418. The molecule has 7 heteroatoms. The fraction of sp³-hybridized carbons (Fsp3) is 0.364. The van der Waals surface area contributed by atoms with Gasteiger partial charge in [0.15, 0.2) is 0 Å². The van der Waals surface area contributed by atoms with Crippen LogP contribution in [0.4, 0.5) is 8.78 Å². The number of benzene rings is 1. The number of nitrogens with two attached hydrogens (primary N) is 1. The molecule has 0 saturated carbocycles. The normalized spacial score (nSPS) is 12.5. The van der Waals surface area contributed by atoms with Crippen molar-refractivity contribution in [2.75, 3.05) is 6.61 Å². The molecule has 0 aromatic heterocycles. The van der Waals surface area contributed by atoms with E-state index in [0.717, 1.165) is 0 Å². The van der Waals surface area contributed by atoms with E-state index in [1.54, 1.807) is 18.2 Å². The first kappa shape index (κ1) is 17.3. The van der Waals surface area contributed by atoms with E-state index in [2.05, 4.69) is 20.7 Å². The van der Waals surface area contributed by atoms with Crippen LogP contribution in [0.15, 0.2) is 28.7 Å². The Kier molecular flexibility index (Phi) is 6.73. The van der Waals surface area contributed by atoms with E-state index in [1.807, 2.05) is 0 Å². The fourth-order valence-electron chi connectivity index (χ4n) is 1.28. The zero-order chi connectivity index (χ0) is 13.1. The van der Waals surface area contributed by atoms with Crippen LogP contribution in [0.5, 0.6) is 0 Å². The molecule has 0 amide bonds. The number of carbonyl (C=O) groups excluding carboxylic acids is 1. The lowest BCUT2D eigenvalue weighted by Gasteiger charge is -2.22. The molecule has 1 aromatic carbocycles. The van der Waals surface area contributed by atoms with Crippen molar-refractivity contribution < 1.29 is 18.3 Å². The number of esters is 1. The minimum Gasteiger partial charge on any atom is -0.462 e. The van der Waals surface area contributed by atoms with Gasteiger partial charge in [-0.15, -0.1) is 12.4 Å². The van der Waals surface area contributed by atoms with E-state index < -0.39 is 17.9 Å². The summed E-state index contributed by atoms with van der Waals surface area (Å²) in [6.45, 7) is 1.34. The molecule has 0 heterocycles. The second-order valence-corrected chi connectivity index (χ2v) is 4.20. The van der Waals surface area contributed by atoms with Gasteiger partial charge < -0.3 is 10.5 Å². The van der Waals surface area contributed by atoms with Crippen molar-refractivity contribution in [3.8, 4) is 0 Å². The highest BCUT2D eigenvalue weighted by atomic mass is 79.9. The number of carbonyl (C=O) groups is 1. The van der Waals surface area contributed by atoms with Gasteiger partial charge >= 0.3 is 11.9 Å². The van der Waals surface area contributed by atoms with Crippen molar-refractivity contribution in [1.29, 1.82) is 0 Å². The third kappa shape index (κ3) is 3.63. The highest BCUT2D eigenvalue weighted by Gasteiger charge is 2.48. The zero-order valence-electron chi connectivity index (χ0n) is 9.53. The van der Waals surface area contributed by atoms with Crippen molar-refractivity contribution in [1.82, 2.24) is 0 Å². The molecule has 0 unspecified atom stereocenters. The lowest BCUT2D eigenvalue weighted by Crippen LogP contribution is -2.41. The number of hydrogen-bond acceptors (Lipinski definition) is 3. The van der Waals surface area contributed by atoms with Gasteiger partial charge in [0.05, 0.1) is 6.61 Å². The third-order valence-electron chi connectivity index (χ3n) is 2.18. The molecule has 0 bridgehead atoms. The third-order valence-corrected chi connectivity index (χ3v) is 2.90. The van der Waals surface area contributed by atoms with Gasteiger partial charge in [0.25, 0.3) is 0 Å². The lowest BCUT2D eigenvalue weighted by molar-refractivity contribution is -0.174. The van der Waals surface area contributed by atoms with Gasteiger partial charge in [-0.25, -0.2) is 4.79 Å². The summed E-state index contributed by atoms with van der Waals surface area (Å²) < 4.78 is 32.0. The molecular formula is C11H13BrClF2NO2. The molecule has 1 rings (SSSR count). The van der Waals surface area contributed by atoms with Crippen LogP contribution >= 0.6 is 28.3 Å². The summed E-state index contributed by atoms with van der Waals surface area (Å²) in [5.74, 6) is -5.36. The molecule has 0 fully saturated rings. The summed E-state index contributed by atoms with van der Waals surface area (Å²) in [5.41, 5.74) is 5.58. The van der Waals surface area contributed by atoms with Crippen molar-refractivity contribution >= 4 is 34.3 Å².